The number of hydrogen-bond donors (Lipinski definition) is 0. The summed E-state index contributed by atoms with van der Waals surface area (Å²) in [6.07, 6.45) is 1.19. The van der Waals surface area contributed by atoms with Crippen LogP contribution in [-0.4, -0.2) is 45.8 Å². The van der Waals surface area contributed by atoms with Gasteiger partial charge >= 0.3 is 11.7 Å². The third-order valence-corrected chi connectivity index (χ3v) is 4.60. The van der Waals surface area contributed by atoms with Crippen LogP contribution in [-0.2, 0) is 14.3 Å². The molecule has 1 aromatic carbocycles. The number of nitrogens with zero attached hydrogens (tertiary/aromatic N) is 2. The highest BCUT2D eigenvalue weighted by Crippen LogP contribution is 2.34. The van der Waals surface area contributed by atoms with Gasteiger partial charge in [0, 0.05) is 6.07 Å². The largest absolute Gasteiger partial charge is 0.490 e. The van der Waals surface area contributed by atoms with Crippen molar-refractivity contribution in [3.8, 4) is 5.75 Å². The second-order valence-electron chi connectivity index (χ2n) is 5.49. The van der Waals surface area contributed by atoms with Gasteiger partial charge in [0.05, 0.1) is 23.0 Å². The molecule has 1 amide bonds. The quantitative estimate of drug-likeness (QED) is 0.238. The molecule has 1 aliphatic heterocycles. The Kier molecular flexibility index (Phi) is 6.32. The summed E-state index contributed by atoms with van der Waals surface area (Å²) >= 11 is 6.16. The van der Waals surface area contributed by atoms with Gasteiger partial charge in [-0.1, -0.05) is 30.0 Å². The Morgan fingerprint density at radius 3 is 2.73 bits per heavy atom. The third kappa shape index (κ3) is 4.58. The molecule has 0 saturated carbocycles. The van der Waals surface area contributed by atoms with Gasteiger partial charge in [-0.3, -0.25) is 24.6 Å². The van der Waals surface area contributed by atoms with Crippen molar-refractivity contribution in [1.29, 1.82) is 0 Å². The van der Waals surface area contributed by atoms with E-state index >= 15 is 0 Å². The summed E-state index contributed by atoms with van der Waals surface area (Å²) in [5, 5.41) is 11.1. The zero-order valence-electron chi connectivity index (χ0n) is 14.3. The molecule has 0 bridgehead atoms. The van der Waals surface area contributed by atoms with Gasteiger partial charge in [0.25, 0.3) is 5.91 Å². The van der Waals surface area contributed by atoms with E-state index in [1.807, 2.05) is 0 Å². The average Bonchev–Trinajstić information content (AvgIpc) is 2.81. The van der Waals surface area contributed by atoms with Gasteiger partial charge in [-0.2, -0.15) is 0 Å². The Balaban J connectivity index is 2.23. The molecule has 0 unspecified atom stereocenters. The van der Waals surface area contributed by atoms with Gasteiger partial charge in [-0.15, -0.1) is 0 Å². The van der Waals surface area contributed by atoms with Crippen LogP contribution >= 0.6 is 24.0 Å². The fourth-order valence-electron chi connectivity index (χ4n) is 2.16. The lowest BCUT2D eigenvalue weighted by Gasteiger charge is -2.14. The van der Waals surface area contributed by atoms with E-state index in [0.29, 0.717) is 5.56 Å². The first-order valence-corrected chi connectivity index (χ1v) is 8.72. The number of rotatable bonds is 6. The van der Waals surface area contributed by atoms with Crippen molar-refractivity contribution in [3.05, 3.63) is 38.8 Å². The van der Waals surface area contributed by atoms with Crippen molar-refractivity contribution < 1.29 is 24.0 Å². The number of carbonyl (C=O) groups is 2. The molecule has 0 aromatic heterocycles. The molecule has 1 aromatic rings. The van der Waals surface area contributed by atoms with E-state index in [2.05, 4.69) is 0 Å². The summed E-state index contributed by atoms with van der Waals surface area (Å²) in [6.45, 7) is 3.14. The lowest BCUT2D eigenvalue weighted by molar-refractivity contribution is -0.385. The number of amides is 1. The number of hydrogen-bond acceptors (Lipinski definition) is 8. The summed E-state index contributed by atoms with van der Waals surface area (Å²) in [6, 6.07) is 4.34. The van der Waals surface area contributed by atoms with E-state index in [0.717, 1.165) is 16.7 Å². The highest BCUT2D eigenvalue weighted by molar-refractivity contribution is 8.26. The molecule has 0 N–H and O–H groups in total. The predicted molar refractivity (Wildman–Crippen MR) is 101 cm³/mol. The number of benzene rings is 1. The topological polar surface area (TPSA) is 99.0 Å². The standard InChI is InChI=1S/C16H16N2O6S2/c1-9(2)24-14(19)8-17-15(20)13(26-16(17)25)7-10-4-5-12(23-3)11(6-10)18(21)22/h4-7,9H,8H2,1-3H3/b13-7-. The summed E-state index contributed by atoms with van der Waals surface area (Å²) in [7, 11) is 1.34. The molecule has 1 saturated heterocycles. The van der Waals surface area contributed by atoms with E-state index in [1.54, 1.807) is 19.9 Å². The first-order chi connectivity index (χ1) is 12.2. The Labute approximate surface area is 159 Å². The zero-order chi connectivity index (χ0) is 19.4. The number of nitro benzene ring substituents is 1. The van der Waals surface area contributed by atoms with Crippen LogP contribution in [0.4, 0.5) is 5.69 Å². The lowest BCUT2D eigenvalue weighted by Crippen LogP contribution is -2.35. The molecule has 0 aliphatic carbocycles. The van der Waals surface area contributed by atoms with Crippen molar-refractivity contribution in [2.75, 3.05) is 13.7 Å². The number of nitro groups is 1. The summed E-state index contributed by atoms with van der Waals surface area (Å²) in [5.74, 6) is -0.882. The van der Waals surface area contributed by atoms with Crippen LogP contribution in [0.15, 0.2) is 23.1 Å². The van der Waals surface area contributed by atoms with Crippen LogP contribution in [0.1, 0.15) is 19.4 Å². The Hall–Kier alpha value is -2.46. The number of carbonyl (C=O) groups excluding carboxylic acids is 2. The minimum absolute atomic E-state index is 0.121. The molecule has 8 nitrogen and oxygen atoms in total. The minimum atomic E-state index is -0.566. The molecule has 26 heavy (non-hydrogen) atoms. The van der Waals surface area contributed by atoms with Crippen LogP contribution < -0.4 is 4.74 Å². The van der Waals surface area contributed by atoms with E-state index in [4.69, 9.17) is 21.7 Å². The van der Waals surface area contributed by atoms with Crippen LogP contribution in [0.2, 0.25) is 0 Å². The smallest absolute Gasteiger partial charge is 0.326 e. The van der Waals surface area contributed by atoms with Crippen LogP contribution in [0.5, 0.6) is 5.75 Å². The maximum atomic E-state index is 12.5. The zero-order valence-corrected chi connectivity index (χ0v) is 15.9. The molecule has 1 aliphatic rings. The fraction of sp³-hybridized carbons (Fsp3) is 0.312. The van der Waals surface area contributed by atoms with Gasteiger partial charge < -0.3 is 9.47 Å². The minimum Gasteiger partial charge on any atom is -0.490 e. The molecule has 1 heterocycles. The fourth-order valence-corrected chi connectivity index (χ4v) is 3.41. The first kappa shape index (κ1) is 19.9. The SMILES string of the molecule is COc1ccc(/C=C2\SC(=S)N(CC(=O)OC(C)C)C2=O)cc1[N+](=O)[O-]. The molecule has 2 rings (SSSR count). The summed E-state index contributed by atoms with van der Waals surface area (Å²) in [4.78, 5) is 36.2. The maximum absolute atomic E-state index is 12.5. The molecule has 138 valence electrons. The normalized spacial score (nSPS) is 15.7. The second kappa shape index (κ2) is 8.28. The van der Waals surface area contributed by atoms with Gasteiger partial charge in [-0.05, 0) is 31.6 Å². The number of thiocarbonyl (C=S) groups is 1. The van der Waals surface area contributed by atoms with Crippen molar-refractivity contribution in [1.82, 2.24) is 4.90 Å². The van der Waals surface area contributed by atoms with Crippen molar-refractivity contribution in [2.45, 2.75) is 20.0 Å². The first-order valence-electron chi connectivity index (χ1n) is 7.50. The van der Waals surface area contributed by atoms with Crippen LogP contribution in [0.3, 0.4) is 0 Å². The lowest BCUT2D eigenvalue weighted by atomic mass is 10.1. The predicted octanol–water partition coefficient (Wildman–Crippen LogP) is 2.76. The second-order valence-corrected chi connectivity index (χ2v) is 7.17. The van der Waals surface area contributed by atoms with Crippen molar-refractivity contribution >= 4 is 51.9 Å². The monoisotopic (exact) mass is 396 g/mol. The number of esters is 1. The summed E-state index contributed by atoms with van der Waals surface area (Å²) < 4.78 is 10.2. The summed E-state index contributed by atoms with van der Waals surface area (Å²) in [5.41, 5.74) is 0.236. The van der Waals surface area contributed by atoms with Crippen molar-refractivity contribution in [3.63, 3.8) is 0 Å². The third-order valence-electron chi connectivity index (χ3n) is 3.23. The molecular weight excluding hydrogens is 380 g/mol. The Morgan fingerprint density at radius 1 is 1.46 bits per heavy atom. The van der Waals surface area contributed by atoms with E-state index in [1.165, 1.54) is 25.3 Å². The van der Waals surface area contributed by atoms with E-state index < -0.39 is 16.8 Å². The Morgan fingerprint density at radius 2 is 2.15 bits per heavy atom. The van der Waals surface area contributed by atoms with E-state index in [9.17, 15) is 19.7 Å². The average molecular weight is 396 g/mol. The molecule has 0 spiro atoms. The van der Waals surface area contributed by atoms with Gasteiger partial charge in [0.2, 0.25) is 0 Å². The van der Waals surface area contributed by atoms with Gasteiger partial charge in [0.15, 0.2) is 5.75 Å². The molecule has 1 fully saturated rings. The molecular formula is C16H16N2O6S2. The maximum Gasteiger partial charge on any atom is 0.326 e. The van der Waals surface area contributed by atoms with Crippen LogP contribution in [0.25, 0.3) is 6.08 Å². The number of thioether (sulfide) groups is 1. The highest BCUT2D eigenvalue weighted by atomic mass is 32.2. The van der Waals surface area contributed by atoms with Gasteiger partial charge in [-0.25, -0.2) is 0 Å². The Bertz CT molecular complexity index is 806. The van der Waals surface area contributed by atoms with Crippen molar-refractivity contribution in [2.24, 2.45) is 0 Å². The molecule has 0 radical (unpaired) electrons. The van der Waals surface area contributed by atoms with Crippen LogP contribution in [0, 0.1) is 10.1 Å². The molecule has 0 atom stereocenters. The number of ether oxygens (including phenoxy) is 2. The van der Waals surface area contributed by atoms with E-state index in [-0.39, 0.29) is 33.3 Å². The number of methoxy groups -OCH3 is 1. The highest BCUT2D eigenvalue weighted by Gasteiger charge is 2.34. The van der Waals surface area contributed by atoms with Gasteiger partial charge in [0.1, 0.15) is 10.9 Å². The molecule has 10 heteroatoms.